The highest BCUT2D eigenvalue weighted by Gasteiger charge is 2.50. The van der Waals surface area contributed by atoms with Crippen molar-refractivity contribution in [3.8, 4) is 0 Å². The second-order valence-electron chi connectivity index (χ2n) is 7.43. The molecule has 3 unspecified atom stereocenters. The molecule has 2 aliphatic heterocycles. The van der Waals surface area contributed by atoms with Gasteiger partial charge in [-0.05, 0) is 25.8 Å². The number of carbonyl (C=O) groups is 4. The van der Waals surface area contributed by atoms with Crippen LogP contribution in [0, 0.1) is 0 Å². The quantitative estimate of drug-likeness (QED) is 0.418. The molecule has 0 aromatic heterocycles. The third-order valence-corrected chi connectivity index (χ3v) is 4.87. The highest BCUT2D eigenvalue weighted by Crippen LogP contribution is 2.29. The maximum atomic E-state index is 12.7. The minimum atomic E-state index is -0.980. The minimum absolute atomic E-state index is 0.0886. The van der Waals surface area contributed by atoms with E-state index in [1.165, 1.54) is 0 Å². The summed E-state index contributed by atoms with van der Waals surface area (Å²) in [4.78, 5) is 48.1. The van der Waals surface area contributed by atoms with E-state index in [-0.39, 0.29) is 24.7 Å². The van der Waals surface area contributed by atoms with Gasteiger partial charge in [0, 0.05) is 0 Å². The van der Waals surface area contributed by atoms with Crippen molar-refractivity contribution in [3.63, 3.8) is 0 Å². The van der Waals surface area contributed by atoms with Crippen molar-refractivity contribution < 1.29 is 23.9 Å². The van der Waals surface area contributed by atoms with Crippen molar-refractivity contribution in [1.29, 1.82) is 0 Å². The lowest BCUT2D eigenvalue weighted by atomic mass is 9.88. The van der Waals surface area contributed by atoms with Crippen LogP contribution in [0.2, 0.25) is 0 Å². The van der Waals surface area contributed by atoms with Gasteiger partial charge in [-0.2, -0.15) is 0 Å². The van der Waals surface area contributed by atoms with Crippen molar-refractivity contribution >= 4 is 23.5 Å². The summed E-state index contributed by atoms with van der Waals surface area (Å²) in [5.74, 6) is -1.30. The van der Waals surface area contributed by atoms with E-state index in [2.05, 4.69) is 16.0 Å². The Morgan fingerprint density at radius 3 is 2.41 bits per heavy atom. The van der Waals surface area contributed by atoms with Gasteiger partial charge in [0.1, 0.15) is 11.1 Å². The van der Waals surface area contributed by atoms with E-state index in [1.54, 1.807) is 13.8 Å². The standard InChI is InChI=1S/C19H23N3O5/c1-18(9-14(23)22-18)17(26)20-10-15(24)21-13(16(25)19(2)11-27-19)8-12-6-4-3-5-7-12/h3-7,13H,8-11H2,1-2H3,(H,20,26)(H,21,24)(H,22,23). The molecule has 0 saturated carbocycles. The number of rotatable bonds is 8. The first-order chi connectivity index (χ1) is 12.7. The van der Waals surface area contributed by atoms with Crippen molar-refractivity contribution in [3.05, 3.63) is 35.9 Å². The van der Waals surface area contributed by atoms with Crippen LogP contribution in [0.25, 0.3) is 0 Å². The summed E-state index contributed by atoms with van der Waals surface area (Å²) < 4.78 is 5.22. The molecule has 1 aromatic rings. The summed E-state index contributed by atoms with van der Waals surface area (Å²) in [5, 5.41) is 7.70. The van der Waals surface area contributed by atoms with Crippen LogP contribution in [0.4, 0.5) is 0 Å². The Morgan fingerprint density at radius 1 is 1.22 bits per heavy atom. The SMILES string of the molecule is CC1(C(=O)NCC(=O)NC(Cc2ccccc2)C(=O)C2(C)CO2)CC(=O)N1. The summed E-state index contributed by atoms with van der Waals surface area (Å²) in [5.41, 5.74) is -0.930. The molecule has 1 aromatic carbocycles. The molecule has 0 radical (unpaired) electrons. The number of amides is 3. The Balaban J connectivity index is 1.58. The second-order valence-corrected chi connectivity index (χ2v) is 7.43. The molecule has 2 saturated heterocycles. The van der Waals surface area contributed by atoms with Crippen LogP contribution < -0.4 is 16.0 Å². The zero-order valence-corrected chi connectivity index (χ0v) is 15.3. The van der Waals surface area contributed by atoms with Gasteiger partial charge in [0.25, 0.3) is 0 Å². The third-order valence-electron chi connectivity index (χ3n) is 4.87. The number of benzene rings is 1. The summed E-state index contributed by atoms with van der Waals surface area (Å²) in [7, 11) is 0. The van der Waals surface area contributed by atoms with Gasteiger partial charge in [-0.25, -0.2) is 0 Å². The zero-order chi connectivity index (χ0) is 19.7. The average molecular weight is 373 g/mol. The molecule has 8 heteroatoms. The first-order valence-corrected chi connectivity index (χ1v) is 8.83. The molecule has 3 atom stereocenters. The number of hydrogen-bond acceptors (Lipinski definition) is 5. The second kappa shape index (κ2) is 7.11. The fraction of sp³-hybridized carbons (Fsp3) is 0.474. The average Bonchev–Trinajstić information content (AvgIpc) is 3.37. The Kier molecular flexibility index (Phi) is 5.01. The highest BCUT2D eigenvalue weighted by molar-refractivity contribution is 6.02. The Morgan fingerprint density at radius 2 is 1.85 bits per heavy atom. The third kappa shape index (κ3) is 4.33. The van der Waals surface area contributed by atoms with Crippen molar-refractivity contribution in [2.45, 2.75) is 43.9 Å². The molecule has 8 nitrogen and oxygen atoms in total. The normalized spacial score (nSPS) is 27.0. The van der Waals surface area contributed by atoms with Crippen molar-refractivity contribution in [2.24, 2.45) is 0 Å². The van der Waals surface area contributed by atoms with Crippen LogP contribution in [-0.4, -0.2) is 53.8 Å². The Bertz CT molecular complexity index is 765. The van der Waals surface area contributed by atoms with Crippen LogP contribution >= 0.6 is 0 Å². The largest absolute Gasteiger partial charge is 0.361 e. The number of nitrogens with one attached hydrogen (secondary N) is 3. The molecule has 3 amide bonds. The number of ether oxygens (including phenoxy) is 1. The molecule has 3 N–H and O–H groups in total. The van der Waals surface area contributed by atoms with Gasteiger partial charge in [0.05, 0.1) is 25.6 Å². The first-order valence-electron chi connectivity index (χ1n) is 8.83. The number of hydrogen-bond donors (Lipinski definition) is 3. The molecule has 0 aliphatic carbocycles. The van der Waals surface area contributed by atoms with Gasteiger partial charge in [-0.3, -0.25) is 19.2 Å². The smallest absolute Gasteiger partial charge is 0.246 e. The van der Waals surface area contributed by atoms with Gasteiger partial charge in [-0.1, -0.05) is 30.3 Å². The van der Waals surface area contributed by atoms with E-state index in [4.69, 9.17) is 4.74 Å². The van der Waals surface area contributed by atoms with Crippen LogP contribution in [0.15, 0.2) is 30.3 Å². The summed E-state index contributed by atoms with van der Waals surface area (Å²) in [6, 6.07) is 8.61. The van der Waals surface area contributed by atoms with Gasteiger partial charge in [0.15, 0.2) is 5.78 Å². The molecule has 144 valence electrons. The molecule has 2 fully saturated rings. The molecular formula is C19H23N3O5. The number of carbonyl (C=O) groups excluding carboxylic acids is 4. The first kappa shape index (κ1) is 19.0. The maximum Gasteiger partial charge on any atom is 0.246 e. The Hall–Kier alpha value is -2.74. The van der Waals surface area contributed by atoms with E-state index in [0.717, 1.165) is 5.56 Å². The van der Waals surface area contributed by atoms with Crippen molar-refractivity contribution in [1.82, 2.24) is 16.0 Å². The summed E-state index contributed by atoms with van der Waals surface area (Å²) in [6.07, 6.45) is 0.428. The van der Waals surface area contributed by atoms with E-state index < -0.39 is 29.0 Å². The number of ketones is 1. The van der Waals surface area contributed by atoms with Crippen LogP contribution in [-0.2, 0) is 30.3 Å². The summed E-state index contributed by atoms with van der Waals surface area (Å²) in [6.45, 7) is 3.35. The van der Waals surface area contributed by atoms with Gasteiger partial charge in [0.2, 0.25) is 17.7 Å². The number of epoxide rings is 1. The zero-order valence-electron chi connectivity index (χ0n) is 15.3. The maximum absolute atomic E-state index is 12.7. The predicted molar refractivity (Wildman–Crippen MR) is 95.6 cm³/mol. The van der Waals surface area contributed by atoms with Crippen LogP contribution in [0.3, 0.4) is 0 Å². The lowest BCUT2D eigenvalue weighted by Gasteiger charge is -2.37. The molecule has 0 spiro atoms. The topological polar surface area (TPSA) is 117 Å². The molecule has 3 rings (SSSR count). The lowest BCUT2D eigenvalue weighted by Crippen LogP contribution is -2.67. The summed E-state index contributed by atoms with van der Waals surface area (Å²) >= 11 is 0. The number of Topliss-reactive ketones (excluding diaryl/α,β-unsaturated/α-hetero) is 1. The van der Waals surface area contributed by atoms with Gasteiger partial charge in [-0.15, -0.1) is 0 Å². The molecule has 0 bridgehead atoms. The Labute approximate surface area is 157 Å². The predicted octanol–water partition coefficient (Wildman–Crippen LogP) is -0.533. The lowest BCUT2D eigenvalue weighted by molar-refractivity contribution is -0.143. The van der Waals surface area contributed by atoms with Gasteiger partial charge < -0.3 is 20.7 Å². The van der Waals surface area contributed by atoms with E-state index in [0.29, 0.717) is 13.0 Å². The van der Waals surface area contributed by atoms with E-state index >= 15 is 0 Å². The fourth-order valence-electron chi connectivity index (χ4n) is 3.03. The molecule has 2 aliphatic rings. The highest BCUT2D eigenvalue weighted by atomic mass is 16.6. The van der Waals surface area contributed by atoms with Crippen LogP contribution in [0.1, 0.15) is 25.8 Å². The van der Waals surface area contributed by atoms with Crippen LogP contribution in [0.5, 0.6) is 0 Å². The molecule has 27 heavy (non-hydrogen) atoms. The molecular weight excluding hydrogens is 350 g/mol. The fourth-order valence-corrected chi connectivity index (χ4v) is 3.03. The molecule has 2 heterocycles. The monoisotopic (exact) mass is 373 g/mol. The van der Waals surface area contributed by atoms with Gasteiger partial charge >= 0.3 is 0 Å². The van der Waals surface area contributed by atoms with E-state index in [9.17, 15) is 19.2 Å². The van der Waals surface area contributed by atoms with E-state index in [1.807, 2.05) is 30.3 Å². The number of β-lactam (4-membered cyclic amide) rings is 1. The minimum Gasteiger partial charge on any atom is -0.361 e. The van der Waals surface area contributed by atoms with Crippen molar-refractivity contribution in [2.75, 3.05) is 13.2 Å².